The largest absolute Gasteiger partial charge is 0.496 e. The Morgan fingerprint density at radius 1 is 1.28 bits per heavy atom. The Labute approximate surface area is 107 Å². The number of hydrogen-bond acceptors (Lipinski definition) is 3. The summed E-state index contributed by atoms with van der Waals surface area (Å²) in [5.74, 6) is 1.56. The third-order valence-corrected chi connectivity index (χ3v) is 3.11. The van der Waals surface area contributed by atoms with E-state index < -0.39 is 6.10 Å². The van der Waals surface area contributed by atoms with Gasteiger partial charge < -0.3 is 14.3 Å². The van der Waals surface area contributed by atoms with Crippen LogP contribution in [0.1, 0.15) is 28.6 Å². The van der Waals surface area contributed by atoms with Gasteiger partial charge in [0, 0.05) is 12.0 Å². The zero-order valence-electron chi connectivity index (χ0n) is 10.9. The van der Waals surface area contributed by atoms with Gasteiger partial charge in [-0.05, 0) is 31.5 Å². The smallest absolute Gasteiger partial charge is 0.122 e. The molecule has 1 atom stereocenters. The average Bonchev–Trinajstić information content (AvgIpc) is 2.76. The second-order valence-corrected chi connectivity index (χ2v) is 4.47. The van der Waals surface area contributed by atoms with E-state index in [4.69, 9.17) is 9.15 Å². The first-order chi connectivity index (χ1) is 8.61. The highest BCUT2D eigenvalue weighted by atomic mass is 16.5. The van der Waals surface area contributed by atoms with Crippen LogP contribution in [-0.2, 0) is 6.42 Å². The molecular formula is C15H18O3. The Morgan fingerprint density at radius 3 is 2.67 bits per heavy atom. The van der Waals surface area contributed by atoms with Crippen molar-refractivity contribution in [2.75, 3.05) is 7.11 Å². The van der Waals surface area contributed by atoms with Crippen LogP contribution >= 0.6 is 0 Å². The molecule has 0 spiro atoms. The van der Waals surface area contributed by atoms with Crippen molar-refractivity contribution in [2.45, 2.75) is 26.4 Å². The Bertz CT molecular complexity index is 528. The number of aryl methyl sites for hydroxylation is 2. The van der Waals surface area contributed by atoms with E-state index in [9.17, 15) is 5.11 Å². The minimum Gasteiger partial charge on any atom is -0.496 e. The van der Waals surface area contributed by atoms with Gasteiger partial charge in [-0.25, -0.2) is 0 Å². The molecule has 96 valence electrons. The lowest BCUT2D eigenvalue weighted by Crippen LogP contribution is -2.04. The summed E-state index contributed by atoms with van der Waals surface area (Å²) in [6.07, 6.45) is 1.55. The van der Waals surface area contributed by atoms with Gasteiger partial charge in [-0.3, -0.25) is 0 Å². The van der Waals surface area contributed by atoms with Gasteiger partial charge in [0.2, 0.25) is 0 Å². The van der Waals surface area contributed by atoms with E-state index in [1.165, 1.54) is 0 Å². The van der Waals surface area contributed by atoms with E-state index in [-0.39, 0.29) is 0 Å². The van der Waals surface area contributed by atoms with Crippen molar-refractivity contribution in [2.24, 2.45) is 0 Å². The molecule has 0 aliphatic carbocycles. The third kappa shape index (κ3) is 2.57. The third-order valence-electron chi connectivity index (χ3n) is 3.11. The average molecular weight is 246 g/mol. The zero-order chi connectivity index (χ0) is 13.1. The fourth-order valence-corrected chi connectivity index (χ4v) is 2.13. The molecule has 3 nitrogen and oxygen atoms in total. The van der Waals surface area contributed by atoms with Gasteiger partial charge in [-0.2, -0.15) is 0 Å². The van der Waals surface area contributed by atoms with E-state index >= 15 is 0 Å². The molecule has 0 amide bonds. The lowest BCUT2D eigenvalue weighted by atomic mass is 10.00. The molecule has 1 aromatic heterocycles. The van der Waals surface area contributed by atoms with Crippen LogP contribution in [0, 0.1) is 13.8 Å². The van der Waals surface area contributed by atoms with Crippen molar-refractivity contribution < 1.29 is 14.3 Å². The van der Waals surface area contributed by atoms with Crippen molar-refractivity contribution in [1.29, 1.82) is 0 Å². The fraction of sp³-hybridized carbons (Fsp3) is 0.333. The quantitative estimate of drug-likeness (QED) is 0.901. The highest BCUT2D eigenvalue weighted by molar-refractivity contribution is 5.38. The topological polar surface area (TPSA) is 42.6 Å². The van der Waals surface area contributed by atoms with Gasteiger partial charge >= 0.3 is 0 Å². The van der Waals surface area contributed by atoms with Gasteiger partial charge in [0.1, 0.15) is 11.5 Å². The molecule has 3 heteroatoms. The molecule has 0 saturated heterocycles. The number of ether oxygens (including phenoxy) is 1. The molecular weight excluding hydrogens is 228 g/mol. The summed E-state index contributed by atoms with van der Waals surface area (Å²) in [6, 6.07) is 7.77. The minimum atomic E-state index is -0.570. The molecule has 2 aromatic rings. The Kier molecular flexibility index (Phi) is 3.72. The standard InChI is InChI=1S/C15H18O3/c1-10-4-5-15(17-3)12(8-10)9-14(16)13-6-7-18-11(13)2/h4-8,14,16H,9H2,1-3H3. The highest BCUT2D eigenvalue weighted by Crippen LogP contribution is 2.27. The van der Waals surface area contributed by atoms with Crippen LogP contribution in [0.2, 0.25) is 0 Å². The van der Waals surface area contributed by atoms with Gasteiger partial charge in [0.25, 0.3) is 0 Å². The summed E-state index contributed by atoms with van der Waals surface area (Å²) >= 11 is 0. The van der Waals surface area contributed by atoms with Crippen LogP contribution in [0.15, 0.2) is 34.9 Å². The van der Waals surface area contributed by atoms with E-state index in [0.29, 0.717) is 6.42 Å². The molecule has 0 aliphatic heterocycles. The maximum Gasteiger partial charge on any atom is 0.122 e. The summed E-state index contributed by atoms with van der Waals surface area (Å²) in [5.41, 5.74) is 2.99. The van der Waals surface area contributed by atoms with Crippen LogP contribution in [0.25, 0.3) is 0 Å². The van der Waals surface area contributed by atoms with Crippen LogP contribution in [-0.4, -0.2) is 12.2 Å². The second-order valence-electron chi connectivity index (χ2n) is 4.47. The van der Waals surface area contributed by atoms with Crippen molar-refractivity contribution in [3.05, 3.63) is 53.0 Å². The van der Waals surface area contributed by atoms with Crippen LogP contribution in [0.4, 0.5) is 0 Å². The molecule has 0 bridgehead atoms. The fourth-order valence-electron chi connectivity index (χ4n) is 2.13. The summed E-state index contributed by atoms with van der Waals surface area (Å²) < 4.78 is 10.5. The van der Waals surface area contributed by atoms with Gasteiger partial charge in [0.15, 0.2) is 0 Å². The van der Waals surface area contributed by atoms with Gasteiger partial charge in [0.05, 0.1) is 19.5 Å². The van der Waals surface area contributed by atoms with Crippen molar-refractivity contribution in [3.63, 3.8) is 0 Å². The summed E-state index contributed by atoms with van der Waals surface area (Å²) in [7, 11) is 1.64. The number of aliphatic hydroxyl groups excluding tert-OH is 1. The Morgan fingerprint density at radius 2 is 2.06 bits per heavy atom. The maximum atomic E-state index is 10.2. The first-order valence-corrected chi connectivity index (χ1v) is 5.97. The normalized spacial score (nSPS) is 12.4. The van der Waals surface area contributed by atoms with E-state index in [0.717, 1.165) is 28.2 Å². The van der Waals surface area contributed by atoms with E-state index in [1.54, 1.807) is 13.4 Å². The highest BCUT2D eigenvalue weighted by Gasteiger charge is 2.15. The number of hydrogen-bond donors (Lipinski definition) is 1. The second kappa shape index (κ2) is 5.27. The van der Waals surface area contributed by atoms with Gasteiger partial charge in [-0.15, -0.1) is 0 Å². The molecule has 2 rings (SSSR count). The van der Waals surface area contributed by atoms with Crippen molar-refractivity contribution in [3.8, 4) is 5.75 Å². The number of methoxy groups -OCH3 is 1. The minimum absolute atomic E-state index is 0.519. The van der Waals surface area contributed by atoms with Crippen LogP contribution in [0.3, 0.4) is 0 Å². The molecule has 1 heterocycles. The predicted molar refractivity (Wildman–Crippen MR) is 69.8 cm³/mol. The summed E-state index contributed by atoms with van der Waals surface area (Å²) in [6.45, 7) is 3.88. The first kappa shape index (κ1) is 12.7. The Hall–Kier alpha value is -1.74. The number of aliphatic hydroxyl groups is 1. The molecule has 0 fully saturated rings. The van der Waals surface area contributed by atoms with E-state index in [2.05, 4.69) is 0 Å². The lowest BCUT2D eigenvalue weighted by molar-refractivity contribution is 0.175. The van der Waals surface area contributed by atoms with Crippen molar-refractivity contribution >= 4 is 0 Å². The molecule has 18 heavy (non-hydrogen) atoms. The maximum absolute atomic E-state index is 10.2. The number of rotatable bonds is 4. The summed E-state index contributed by atoms with van der Waals surface area (Å²) in [5, 5.41) is 10.2. The monoisotopic (exact) mass is 246 g/mol. The van der Waals surface area contributed by atoms with Gasteiger partial charge in [-0.1, -0.05) is 17.7 Å². The Balaban J connectivity index is 2.23. The van der Waals surface area contributed by atoms with Crippen LogP contribution in [0.5, 0.6) is 5.75 Å². The van der Waals surface area contributed by atoms with Crippen molar-refractivity contribution in [1.82, 2.24) is 0 Å². The number of furan rings is 1. The lowest BCUT2D eigenvalue weighted by Gasteiger charge is -2.13. The molecule has 1 N–H and O–H groups in total. The molecule has 0 aliphatic rings. The SMILES string of the molecule is COc1ccc(C)cc1CC(O)c1ccoc1C. The summed E-state index contributed by atoms with van der Waals surface area (Å²) in [4.78, 5) is 0. The molecule has 0 radical (unpaired) electrons. The zero-order valence-corrected chi connectivity index (χ0v) is 10.9. The first-order valence-electron chi connectivity index (χ1n) is 5.97. The van der Waals surface area contributed by atoms with E-state index in [1.807, 2.05) is 38.1 Å². The number of benzene rings is 1. The molecule has 1 aromatic carbocycles. The molecule has 0 saturated carbocycles. The predicted octanol–water partition coefficient (Wildman–Crippen LogP) is 3.18. The van der Waals surface area contributed by atoms with Crippen LogP contribution < -0.4 is 4.74 Å². The molecule has 1 unspecified atom stereocenters.